The Morgan fingerprint density at radius 2 is 1.62 bits per heavy atom. The second kappa shape index (κ2) is 9.39. The van der Waals surface area contributed by atoms with Crippen LogP contribution in [0.25, 0.3) is 5.57 Å². The first-order valence-corrected chi connectivity index (χ1v) is 11.2. The first-order chi connectivity index (χ1) is 15.5. The molecule has 0 unspecified atom stereocenters. The van der Waals surface area contributed by atoms with E-state index in [0.717, 1.165) is 37.7 Å². The topological polar surface area (TPSA) is 69.7 Å². The Kier molecular flexibility index (Phi) is 6.40. The predicted molar refractivity (Wildman–Crippen MR) is 124 cm³/mol. The van der Waals surface area contributed by atoms with Crippen LogP contribution in [-0.4, -0.2) is 40.6 Å². The third-order valence-electron chi connectivity index (χ3n) is 6.17. The zero-order chi connectivity index (χ0) is 22.7. The van der Waals surface area contributed by atoms with Gasteiger partial charge in [0.05, 0.1) is 5.57 Å². The number of hydrogen-bond acceptors (Lipinski definition) is 4. The summed E-state index contributed by atoms with van der Waals surface area (Å²) in [6.45, 7) is 1.98. The van der Waals surface area contributed by atoms with Gasteiger partial charge >= 0.3 is 0 Å². The van der Waals surface area contributed by atoms with Gasteiger partial charge in [0.1, 0.15) is 5.70 Å². The number of hydrogen-bond donors (Lipinski definition) is 1. The van der Waals surface area contributed by atoms with Gasteiger partial charge in [0.25, 0.3) is 11.8 Å². The molecule has 1 N–H and O–H groups in total. The number of nitrogens with one attached hydrogen (secondary N) is 1. The van der Waals surface area contributed by atoms with Gasteiger partial charge in [-0.15, -0.1) is 0 Å². The highest BCUT2D eigenvalue weighted by Crippen LogP contribution is 2.36. The van der Waals surface area contributed by atoms with E-state index in [0.29, 0.717) is 29.1 Å². The van der Waals surface area contributed by atoms with Crippen LogP contribution in [0.1, 0.15) is 50.2 Å². The number of likely N-dealkylation sites (N-methyl/N-ethyl adjacent to an activating group) is 1. The molecule has 166 valence electrons. The highest BCUT2D eigenvalue weighted by Gasteiger charge is 2.44. The number of carbonyl (C=O) groups is 3. The minimum absolute atomic E-state index is 0.0416. The maximum Gasteiger partial charge on any atom is 0.278 e. The molecule has 6 heteroatoms. The van der Waals surface area contributed by atoms with Crippen LogP contribution in [0.3, 0.4) is 0 Å². The molecule has 2 aromatic rings. The van der Waals surface area contributed by atoms with Crippen LogP contribution < -0.4 is 5.32 Å². The van der Waals surface area contributed by atoms with Crippen molar-refractivity contribution in [2.24, 2.45) is 0 Å². The molecule has 2 aliphatic rings. The van der Waals surface area contributed by atoms with E-state index in [1.807, 2.05) is 42.3 Å². The van der Waals surface area contributed by atoms with Crippen LogP contribution in [0.15, 0.2) is 60.3 Å². The van der Waals surface area contributed by atoms with Crippen molar-refractivity contribution in [2.75, 3.05) is 12.4 Å². The fraction of sp³-hybridized carbons (Fsp3) is 0.346. The van der Waals surface area contributed by atoms with E-state index >= 15 is 0 Å². The highest BCUT2D eigenvalue weighted by atomic mass is 16.2. The maximum atomic E-state index is 13.6. The third kappa shape index (κ3) is 4.44. The summed E-state index contributed by atoms with van der Waals surface area (Å²) in [5, 5.41) is 2.74. The Morgan fingerprint density at radius 1 is 0.969 bits per heavy atom. The molecule has 1 saturated carbocycles. The molecule has 32 heavy (non-hydrogen) atoms. The van der Waals surface area contributed by atoms with Crippen molar-refractivity contribution in [1.29, 1.82) is 0 Å². The summed E-state index contributed by atoms with van der Waals surface area (Å²) in [5.41, 5.74) is 3.29. The fourth-order valence-electron chi connectivity index (χ4n) is 4.68. The highest BCUT2D eigenvalue weighted by molar-refractivity contribution is 6.35. The number of amides is 3. The minimum Gasteiger partial charge on any atom is -0.365 e. The van der Waals surface area contributed by atoms with Crippen LogP contribution in [0.4, 0.5) is 5.69 Å². The number of anilines is 1. The SMILES string of the molecule is CC(=O)Nc1ccc(C2=C(N(C)Cc3ccccc3)C(=O)N(C3CCCCC3)C2=O)cc1. The molecule has 0 saturated heterocycles. The molecule has 1 aliphatic carbocycles. The molecule has 0 bridgehead atoms. The predicted octanol–water partition coefficient (Wildman–Crippen LogP) is 4.19. The number of benzene rings is 2. The number of rotatable bonds is 6. The number of nitrogens with zero attached hydrogens (tertiary/aromatic N) is 2. The Balaban J connectivity index is 1.71. The van der Waals surface area contributed by atoms with Crippen molar-refractivity contribution in [1.82, 2.24) is 9.80 Å². The summed E-state index contributed by atoms with van der Waals surface area (Å²) in [6, 6.07) is 17.0. The van der Waals surface area contributed by atoms with Gasteiger partial charge in [-0.05, 0) is 36.1 Å². The maximum absolute atomic E-state index is 13.6. The zero-order valence-electron chi connectivity index (χ0n) is 18.6. The summed E-state index contributed by atoms with van der Waals surface area (Å²) in [7, 11) is 1.86. The van der Waals surface area contributed by atoms with Crippen LogP contribution in [0.5, 0.6) is 0 Å². The lowest BCUT2D eigenvalue weighted by Crippen LogP contribution is -2.43. The van der Waals surface area contributed by atoms with Crippen molar-refractivity contribution in [3.8, 4) is 0 Å². The standard InChI is InChI=1S/C26H29N3O3/c1-18(30)27-21-15-13-20(14-16-21)23-24(28(2)17-19-9-5-3-6-10-19)26(32)29(25(23)31)22-11-7-4-8-12-22/h3,5-6,9-10,13-16,22H,4,7-8,11-12,17H2,1-2H3,(H,27,30). The van der Waals surface area contributed by atoms with E-state index in [2.05, 4.69) is 5.32 Å². The van der Waals surface area contributed by atoms with Crippen LogP contribution in [0.2, 0.25) is 0 Å². The second-order valence-electron chi connectivity index (χ2n) is 8.60. The van der Waals surface area contributed by atoms with E-state index < -0.39 is 0 Å². The quantitative estimate of drug-likeness (QED) is 0.697. The summed E-state index contributed by atoms with van der Waals surface area (Å²) in [5.74, 6) is -0.582. The van der Waals surface area contributed by atoms with Gasteiger partial charge in [0, 0.05) is 32.2 Å². The van der Waals surface area contributed by atoms with Crippen LogP contribution in [-0.2, 0) is 20.9 Å². The molecule has 0 spiro atoms. The van der Waals surface area contributed by atoms with Gasteiger partial charge in [-0.2, -0.15) is 0 Å². The van der Waals surface area contributed by atoms with Crippen molar-refractivity contribution in [3.05, 3.63) is 71.4 Å². The van der Waals surface area contributed by atoms with Crippen LogP contribution >= 0.6 is 0 Å². The minimum atomic E-state index is -0.218. The van der Waals surface area contributed by atoms with Gasteiger partial charge in [-0.1, -0.05) is 61.7 Å². The number of imide groups is 1. The van der Waals surface area contributed by atoms with E-state index in [4.69, 9.17) is 0 Å². The van der Waals surface area contributed by atoms with Gasteiger partial charge < -0.3 is 10.2 Å². The monoisotopic (exact) mass is 431 g/mol. The van der Waals surface area contributed by atoms with Crippen molar-refractivity contribution in [2.45, 2.75) is 51.6 Å². The molecule has 6 nitrogen and oxygen atoms in total. The lowest BCUT2D eigenvalue weighted by Gasteiger charge is -2.30. The smallest absolute Gasteiger partial charge is 0.278 e. The molecule has 1 fully saturated rings. The molecule has 0 atom stereocenters. The summed E-state index contributed by atoms with van der Waals surface area (Å²) < 4.78 is 0. The van der Waals surface area contributed by atoms with Crippen LogP contribution in [0, 0.1) is 0 Å². The van der Waals surface area contributed by atoms with E-state index in [9.17, 15) is 14.4 Å². The lowest BCUT2D eigenvalue weighted by molar-refractivity contribution is -0.141. The fourth-order valence-corrected chi connectivity index (χ4v) is 4.68. The average Bonchev–Trinajstić information content (AvgIpc) is 3.05. The summed E-state index contributed by atoms with van der Waals surface area (Å²) in [6.07, 6.45) is 4.96. The van der Waals surface area contributed by atoms with Gasteiger partial charge in [-0.3, -0.25) is 19.3 Å². The van der Waals surface area contributed by atoms with Crippen molar-refractivity contribution >= 4 is 29.0 Å². The first kappa shape index (κ1) is 21.8. The van der Waals surface area contributed by atoms with Gasteiger partial charge in [0.15, 0.2) is 0 Å². The molecule has 0 aromatic heterocycles. The van der Waals surface area contributed by atoms with E-state index in [-0.39, 0.29) is 23.8 Å². The molecule has 3 amide bonds. The van der Waals surface area contributed by atoms with Gasteiger partial charge in [-0.25, -0.2) is 0 Å². The molecular weight excluding hydrogens is 402 g/mol. The van der Waals surface area contributed by atoms with Crippen molar-refractivity contribution in [3.63, 3.8) is 0 Å². The summed E-state index contributed by atoms with van der Waals surface area (Å²) >= 11 is 0. The zero-order valence-corrected chi connectivity index (χ0v) is 18.6. The Labute approximate surface area is 188 Å². The first-order valence-electron chi connectivity index (χ1n) is 11.2. The Hall–Kier alpha value is -3.41. The molecule has 1 heterocycles. The van der Waals surface area contributed by atoms with Crippen molar-refractivity contribution < 1.29 is 14.4 Å². The molecule has 1 aliphatic heterocycles. The lowest BCUT2D eigenvalue weighted by atomic mass is 9.94. The molecular formula is C26H29N3O3. The van der Waals surface area contributed by atoms with E-state index in [1.165, 1.54) is 11.8 Å². The summed E-state index contributed by atoms with van der Waals surface area (Å²) in [4.78, 5) is 41.9. The molecule has 0 radical (unpaired) electrons. The normalized spacial score (nSPS) is 17.1. The van der Waals surface area contributed by atoms with E-state index in [1.54, 1.807) is 24.3 Å². The average molecular weight is 432 g/mol. The second-order valence-corrected chi connectivity index (χ2v) is 8.60. The Morgan fingerprint density at radius 3 is 2.25 bits per heavy atom. The molecule has 2 aromatic carbocycles. The molecule has 4 rings (SSSR count). The third-order valence-corrected chi connectivity index (χ3v) is 6.17. The number of carbonyl (C=O) groups excluding carboxylic acids is 3. The van der Waals surface area contributed by atoms with Gasteiger partial charge in [0.2, 0.25) is 5.91 Å². The Bertz CT molecular complexity index is 1040. The largest absolute Gasteiger partial charge is 0.365 e.